The fraction of sp³-hybridized carbons (Fsp3) is 0.250. The van der Waals surface area contributed by atoms with Gasteiger partial charge in [-0.1, -0.05) is 44.2 Å². The van der Waals surface area contributed by atoms with Crippen molar-refractivity contribution in [1.82, 2.24) is 4.98 Å². The van der Waals surface area contributed by atoms with Gasteiger partial charge in [0.1, 0.15) is 0 Å². The Balaban J connectivity index is 2.40. The van der Waals surface area contributed by atoms with Crippen LogP contribution in [0.4, 0.5) is 0 Å². The van der Waals surface area contributed by atoms with Gasteiger partial charge >= 0.3 is 0 Å². The van der Waals surface area contributed by atoms with E-state index >= 15 is 0 Å². The zero-order chi connectivity index (χ0) is 13.0. The summed E-state index contributed by atoms with van der Waals surface area (Å²) in [6.07, 6.45) is 2.17. The highest BCUT2D eigenvalue weighted by molar-refractivity contribution is 5.63. The molecule has 0 amide bonds. The first-order chi connectivity index (χ1) is 8.72. The third-order valence-corrected chi connectivity index (χ3v) is 3.01. The average molecular weight is 236 g/mol. The first kappa shape index (κ1) is 12.3. The van der Waals surface area contributed by atoms with Crippen LogP contribution in [0, 0.1) is 11.3 Å². The second kappa shape index (κ2) is 5.46. The second-order valence-electron chi connectivity index (χ2n) is 4.62. The lowest BCUT2D eigenvalue weighted by Crippen LogP contribution is -1.93. The monoisotopic (exact) mass is 236 g/mol. The zero-order valence-electron chi connectivity index (χ0n) is 10.7. The van der Waals surface area contributed by atoms with Crippen molar-refractivity contribution in [2.24, 2.45) is 0 Å². The Morgan fingerprint density at radius 3 is 2.50 bits per heavy atom. The zero-order valence-corrected chi connectivity index (χ0v) is 10.7. The van der Waals surface area contributed by atoms with Crippen LogP contribution in [0.15, 0.2) is 42.6 Å². The molecule has 0 aliphatic heterocycles. The minimum Gasteiger partial charge on any atom is -0.256 e. The lowest BCUT2D eigenvalue weighted by atomic mass is 9.98. The van der Waals surface area contributed by atoms with Gasteiger partial charge in [0.25, 0.3) is 0 Å². The number of aromatic nitrogens is 1. The summed E-state index contributed by atoms with van der Waals surface area (Å²) in [5.74, 6) is 0.529. The molecule has 0 spiro atoms. The normalized spacial score (nSPS) is 10.3. The molecule has 0 N–H and O–H groups in total. The Bertz CT molecular complexity index is 562. The molecule has 2 rings (SSSR count). The average Bonchev–Trinajstić information content (AvgIpc) is 2.40. The maximum Gasteiger partial charge on any atom is 0.0744 e. The van der Waals surface area contributed by atoms with Crippen LogP contribution in [0.25, 0.3) is 11.3 Å². The number of benzene rings is 1. The molecular weight excluding hydrogens is 220 g/mol. The molecule has 90 valence electrons. The van der Waals surface area contributed by atoms with Crippen LogP contribution in [-0.4, -0.2) is 4.98 Å². The van der Waals surface area contributed by atoms with Crippen LogP contribution in [0.3, 0.4) is 0 Å². The van der Waals surface area contributed by atoms with Gasteiger partial charge in [0.2, 0.25) is 0 Å². The van der Waals surface area contributed by atoms with Crippen molar-refractivity contribution < 1.29 is 0 Å². The van der Waals surface area contributed by atoms with Gasteiger partial charge in [0.15, 0.2) is 0 Å². The minimum absolute atomic E-state index is 0.398. The molecule has 0 saturated heterocycles. The van der Waals surface area contributed by atoms with Crippen molar-refractivity contribution in [1.29, 1.82) is 5.26 Å². The van der Waals surface area contributed by atoms with Gasteiger partial charge in [-0.3, -0.25) is 4.98 Å². The maximum atomic E-state index is 8.83. The molecule has 0 bridgehead atoms. The summed E-state index contributed by atoms with van der Waals surface area (Å²) in [6.45, 7) is 4.35. The predicted octanol–water partition coefficient (Wildman–Crippen LogP) is 3.94. The number of nitrogens with zero attached hydrogens (tertiary/aromatic N) is 2. The largest absolute Gasteiger partial charge is 0.256 e. The summed E-state index contributed by atoms with van der Waals surface area (Å²) in [5, 5.41) is 8.83. The molecule has 0 unspecified atom stereocenters. The fourth-order valence-corrected chi connectivity index (χ4v) is 1.95. The van der Waals surface area contributed by atoms with Crippen molar-refractivity contribution in [3.05, 3.63) is 53.7 Å². The van der Waals surface area contributed by atoms with Crippen LogP contribution in [-0.2, 0) is 6.42 Å². The molecular formula is C16H16N2. The van der Waals surface area contributed by atoms with E-state index in [1.165, 1.54) is 5.56 Å². The number of nitriles is 1. The van der Waals surface area contributed by atoms with Crippen LogP contribution in [0.1, 0.15) is 30.9 Å². The lowest BCUT2D eigenvalue weighted by Gasteiger charge is -2.08. The van der Waals surface area contributed by atoms with Crippen LogP contribution < -0.4 is 0 Å². The Morgan fingerprint density at radius 2 is 1.89 bits per heavy atom. The SMILES string of the molecule is CC(C)c1ccc(-c2ncccc2CC#N)cc1. The summed E-state index contributed by atoms with van der Waals surface area (Å²) in [5.41, 5.74) is 4.29. The van der Waals surface area contributed by atoms with Crippen molar-refractivity contribution in [2.45, 2.75) is 26.2 Å². The van der Waals surface area contributed by atoms with Gasteiger partial charge in [-0.2, -0.15) is 5.26 Å². The molecule has 18 heavy (non-hydrogen) atoms. The highest BCUT2D eigenvalue weighted by Gasteiger charge is 2.06. The number of hydrogen-bond donors (Lipinski definition) is 0. The van der Waals surface area contributed by atoms with E-state index in [9.17, 15) is 0 Å². The molecule has 1 aromatic heterocycles. The molecule has 0 fully saturated rings. The van der Waals surface area contributed by atoms with E-state index in [4.69, 9.17) is 5.26 Å². The van der Waals surface area contributed by atoms with Crippen molar-refractivity contribution >= 4 is 0 Å². The number of rotatable bonds is 3. The van der Waals surface area contributed by atoms with Crippen molar-refractivity contribution in [3.63, 3.8) is 0 Å². The summed E-state index contributed by atoms with van der Waals surface area (Å²) in [4.78, 5) is 4.39. The molecule has 0 aliphatic rings. The highest BCUT2D eigenvalue weighted by atomic mass is 14.7. The molecule has 1 aromatic carbocycles. The standard InChI is InChI=1S/C16H16N2/c1-12(2)13-5-7-15(8-6-13)16-14(9-10-17)4-3-11-18-16/h3-8,11-12H,9H2,1-2H3. The van der Waals surface area contributed by atoms with E-state index in [0.717, 1.165) is 16.8 Å². The van der Waals surface area contributed by atoms with Gasteiger partial charge in [0.05, 0.1) is 18.2 Å². The topological polar surface area (TPSA) is 36.7 Å². The molecule has 2 heteroatoms. The van der Waals surface area contributed by atoms with Gasteiger partial charge in [-0.25, -0.2) is 0 Å². The maximum absolute atomic E-state index is 8.83. The molecule has 0 aliphatic carbocycles. The van der Waals surface area contributed by atoms with E-state index in [0.29, 0.717) is 12.3 Å². The summed E-state index contributed by atoms with van der Waals surface area (Å²) in [7, 11) is 0. The minimum atomic E-state index is 0.398. The smallest absolute Gasteiger partial charge is 0.0744 e. The summed E-state index contributed by atoms with van der Waals surface area (Å²) < 4.78 is 0. The Kier molecular flexibility index (Phi) is 3.74. The third-order valence-electron chi connectivity index (χ3n) is 3.01. The molecule has 0 atom stereocenters. The van der Waals surface area contributed by atoms with E-state index in [1.807, 2.05) is 12.1 Å². The lowest BCUT2D eigenvalue weighted by molar-refractivity contribution is 0.867. The van der Waals surface area contributed by atoms with Crippen LogP contribution in [0.5, 0.6) is 0 Å². The van der Waals surface area contributed by atoms with Gasteiger partial charge < -0.3 is 0 Å². The summed E-state index contributed by atoms with van der Waals surface area (Å²) >= 11 is 0. The van der Waals surface area contributed by atoms with E-state index < -0.39 is 0 Å². The number of hydrogen-bond acceptors (Lipinski definition) is 2. The van der Waals surface area contributed by atoms with E-state index in [-0.39, 0.29) is 0 Å². The number of pyridine rings is 1. The molecule has 1 heterocycles. The highest BCUT2D eigenvalue weighted by Crippen LogP contribution is 2.24. The molecule has 0 saturated carbocycles. The van der Waals surface area contributed by atoms with Crippen LogP contribution >= 0.6 is 0 Å². The van der Waals surface area contributed by atoms with Crippen LogP contribution in [0.2, 0.25) is 0 Å². The molecule has 2 aromatic rings. The first-order valence-corrected chi connectivity index (χ1v) is 6.13. The first-order valence-electron chi connectivity index (χ1n) is 6.13. The van der Waals surface area contributed by atoms with E-state index in [1.54, 1.807) is 6.20 Å². The van der Waals surface area contributed by atoms with Crippen molar-refractivity contribution in [3.8, 4) is 17.3 Å². The Morgan fingerprint density at radius 1 is 1.17 bits per heavy atom. The van der Waals surface area contributed by atoms with Gasteiger partial charge in [0, 0.05) is 11.8 Å². The Labute approximate surface area is 108 Å². The Hall–Kier alpha value is -2.14. The van der Waals surface area contributed by atoms with Gasteiger partial charge in [-0.05, 0) is 23.1 Å². The fourth-order valence-electron chi connectivity index (χ4n) is 1.95. The summed E-state index contributed by atoms with van der Waals surface area (Å²) in [6, 6.07) is 14.4. The third kappa shape index (κ3) is 2.57. The van der Waals surface area contributed by atoms with Gasteiger partial charge in [-0.15, -0.1) is 0 Å². The quantitative estimate of drug-likeness (QED) is 0.809. The second-order valence-corrected chi connectivity index (χ2v) is 4.62. The predicted molar refractivity (Wildman–Crippen MR) is 73.1 cm³/mol. The van der Waals surface area contributed by atoms with Crippen molar-refractivity contribution in [2.75, 3.05) is 0 Å². The molecule has 2 nitrogen and oxygen atoms in total. The molecule has 0 radical (unpaired) electrons. The van der Waals surface area contributed by atoms with E-state index in [2.05, 4.69) is 49.2 Å².